The Hall–Kier alpha value is -10.7. The predicted octanol–water partition coefficient (Wildman–Crippen LogP) is 18.3. The first-order chi connectivity index (χ1) is 44.8. The number of fused-ring (bicyclic) bond motifs is 12. The lowest BCUT2D eigenvalue weighted by molar-refractivity contribution is -0.660. The van der Waals surface area contributed by atoms with Crippen molar-refractivity contribution in [2.45, 2.75) is 88.0 Å². The summed E-state index contributed by atoms with van der Waals surface area (Å²) in [4.78, 5) is 17.6. The van der Waals surface area contributed by atoms with Crippen molar-refractivity contribution in [3.05, 3.63) is 239 Å². The fraction of sp³-hybridized carbons (Fsp3) is 0.210. The number of benzene rings is 4. The van der Waals surface area contributed by atoms with Gasteiger partial charge in [0, 0.05) is 115 Å². The van der Waals surface area contributed by atoms with Gasteiger partial charge >= 0.3 is 0 Å². The molecule has 12 heteroatoms. The van der Waals surface area contributed by atoms with Gasteiger partial charge in [-0.05, 0) is 154 Å². The van der Waals surface area contributed by atoms with Gasteiger partial charge in [0.25, 0.3) is 0 Å². The summed E-state index contributed by atoms with van der Waals surface area (Å²) in [5.74, 6) is 0.999. The summed E-state index contributed by atoms with van der Waals surface area (Å²) in [5.41, 5.74) is 26.7. The van der Waals surface area contributed by atoms with Crippen molar-refractivity contribution >= 4 is 88.3 Å². The van der Waals surface area contributed by atoms with Crippen molar-refractivity contribution in [3.8, 4) is 45.0 Å². The first-order valence-electron chi connectivity index (χ1n) is 31.9. The molecule has 0 N–H and O–H groups in total. The van der Waals surface area contributed by atoms with Crippen LogP contribution in [0.15, 0.2) is 207 Å². The Labute approximate surface area is 541 Å². The average molecular weight is 1230 g/mol. The standard InChI is InChI=1S/2C21H21N2O.C20H19N2O.C19H17N2O/c1-13(2)15-8-10-18(23(4)12-15)19-14(3)7-9-16-17-6-5-11-22-21(17)24-20(16)19;1-13(2)15-9-11-23(4)18(12-15)19-14(3)7-8-16-17-6-5-10-22-21(17)24-20(16)19;1-12-7-8-15-16-6-5-9-21-20(16)23-19(15)18(12)17-10-13(2)14(3)11-22(17)4;1-12-7-9-14-15-10-8-13(2)20-19(15)22-18(14)17(12)16-6-4-5-11-21(16)3/h2*5-13H,1-4H3;5-11H,1-4H3;4-11H,1-3H3/q4*+1. The van der Waals surface area contributed by atoms with Crippen LogP contribution in [0.4, 0.5) is 0 Å². The summed E-state index contributed by atoms with van der Waals surface area (Å²) in [7, 11) is 8.32. The normalized spacial score (nSPS) is 11.6. The van der Waals surface area contributed by atoms with Gasteiger partial charge in [0.15, 0.2) is 47.1 Å². The van der Waals surface area contributed by atoms with Gasteiger partial charge in [-0.1, -0.05) is 76.2 Å². The summed E-state index contributed by atoms with van der Waals surface area (Å²) in [6.45, 7) is 23.6. The van der Waals surface area contributed by atoms with E-state index in [-0.39, 0.29) is 0 Å². The van der Waals surface area contributed by atoms with E-state index in [1.807, 2.05) is 37.3 Å². The third-order valence-electron chi connectivity index (χ3n) is 18.2. The molecule has 93 heavy (non-hydrogen) atoms. The van der Waals surface area contributed by atoms with E-state index in [4.69, 9.17) is 17.7 Å². The van der Waals surface area contributed by atoms with Crippen LogP contribution in [0, 0.1) is 48.5 Å². The summed E-state index contributed by atoms with van der Waals surface area (Å²) >= 11 is 0. The average Bonchev–Trinajstić information content (AvgIpc) is 1.69. The predicted molar refractivity (Wildman–Crippen MR) is 374 cm³/mol. The van der Waals surface area contributed by atoms with Crippen molar-refractivity contribution < 1.29 is 35.9 Å². The fourth-order valence-electron chi connectivity index (χ4n) is 12.8. The highest BCUT2D eigenvalue weighted by atomic mass is 16.4. The van der Waals surface area contributed by atoms with Gasteiger partial charge < -0.3 is 17.7 Å². The van der Waals surface area contributed by atoms with Crippen LogP contribution in [0.25, 0.3) is 133 Å². The number of pyridine rings is 8. The third kappa shape index (κ3) is 11.3. The number of rotatable bonds is 6. The highest BCUT2D eigenvalue weighted by Crippen LogP contribution is 2.41. The van der Waals surface area contributed by atoms with Gasteiger partial charge in [0.2, 0.25) is 45.6 Å². The van der Waals surface area contributed by atoms with Crippen molar-refractivity contribution in [3.63, 3.8) is 0 Å². The second kappa shape index (κ2) is 24.8. The molecule has 0 unspecified atom stereocenters. The lowest BCUT2D eigenvalue weighted by Gasteiger charge is -2.09. The number of hydrogen-bond acceptors (Lipinski definition) is 8. The van der Waals surface area contributed by atoms with Crippen LogP contribution in [0.5, 0.6) is 0 Å². The molecule has 0 aliphatic heterocycles. The molecule has 0 aliphatic carbocycles. The lowest BCUT2D eigenvalue weighted by atomic mass is 9.97. The number of aryl methyl sites for hydroxylation is 11. The Bertz CT molecular complexity index is 5570. The maximum Gasteiger partial charge on any atom is 0.227 e. The zero-order valence-corrected chi connectivity index (χ0v) is 55.8. The van der Waals surface area contributed by atoms with Crippen LogP contribution in [0.3, 0.4) is 0 Å². The second-order valence-corrected chi connectivity index (χ2v) is 25.4. The minimum Gasteiger partial charge on any atom is -0.437 e. The SMILES string of the molecule is Cc1cc(-c2c(C)ccc3c2oc2ncccc23)[n+](C)cc1C.Cc1ccc2c(n1)oc1c(-c3cccc[n+]3C)c(C)ccc12.Cc1ccc2c(oc3ncccc32)c1-c1cc(C(C)C)cc[n+]1C.Cc1ccc2c(oc3ncccc32)c1-c1ccc(C(C)C)c[n+]1C. The quantitative estimate of drug-likeness (QED) is 0.151. The lowest BCUT2D eigenvalue weighted by Crippen LogP contribution is -2.31. The zero-order valence-electron chi connectivity index (χ0n) is 55.8. The molecule has 16 aromatic rings. The van der Waals surface area contributed by atoms with Gasteiger partial charge in [-0.25, -0.2) is 38.2 Å². The molecule has 12 heterocycles. The number of furan rings is 4. The van der Waals surface area contributed by atoms with Gasteiger partial charge in [-0.15, -0.1) is 0 Å². The monoisotopic (exact) mass is 1230 g/mol. The number of aromatic nitrogens is 8. The summed E-state index contributed by atoms with van der Waals surface area (Å²) in [6.07, 6.45) is 13.9. The molecule has 0 fully saturated rings. The molecule has 16 rings (SSSR count). The Kier molecular flexibility index (Phi) is 16.3. The molecular formula is C81H78N8O4+4. The van der Waals surface area contributed by atoms with E-state index in [2.05, 4.69) is 276 Å². The summed E-state index contributed by atoms with van der Waals surface area (Å²) < 4.78 is 33.2. The van der Waals surface area contributed by atoms with Crippen molar-refractivity contribution in [2.75, 3.05) is 0 Å². The van der Waals surface area contributed by atoms with E-state index < -0.39 is 0 Å². The maximum absolute atomic E-state index is 6.15. The zero-order chi connectivity index (χ0) is 65.1. The topological polar surface area (TPSA) is 120 Å². The molecule has 0 saturated heterocycles. The van der Waals surface area contributed by atoms with Gasteiger partial charge in [0.1, 0.15) is 28.2 Å². The van der Waals surface area contributed by atoms with Crippen LogP contribution in [-0.2, 0) is 28.2 Å². The molecule has 4 aromatic carbocycles. The molecule has 0 atom stereocenters. The summed E-state index contributed by atoms with van der Waals surface area (Å²) in [6, 6.07) is 50.6. The maximum atomic E-state index is 6.15. The van der Waals surface area contributed by atoms with Gasteiger partial charge in [0.05, 0.1) is 22.3 Å². The highest BCUT2D eigenvalue weighted by Gasteiger charge is 2.26. The van der Waals surface area contributed by atoms with E-state index in [0.717, 1.165) is 110 Å². The van der Waals surface area contributed by atoms with E-state index in [0.29, 0.717) is 34.7 Å². The Morgan fingerprint density at radius 3 is 1.18 bits per heavy atom. The molecule has 0 saturated carbocycles. The van der Waals surface area contributed by atoms with Crippen molar-refractivity contribution in [1.29, 1.82) is 0 Å². The molecular weight excluding hydrogens is 1150 g/mol. The molecule has 12 aromatic heterocycles. The molecule has 0 spiro atoms. The molecule has 462 valence electrons. The Balaban J connectivity index is 0.000000113. The minimum absolute atomic E-state index is 0.488. The highest BCUT2D eigenvalue weighted by molar-refractivity contribution is 6.12. The van der Waals surface area contributed by atoms with Crippen LogP contribution in [-0.4, -0.2) is 19.9 Å². The first kappa shape index (κ1) is 61.2. The van der Waals surface area contributed by atoms with Crippen molar-refractivity contribution in [2.24, 2.45) is 28.2 Å². The van der Waals surface area contributed by atoms with E-state index in [9.17, 15) is 0 Å². The largest absolute Gasteiger partial charge is 0.437 e. The van der Waals surface area contributed by atoms with E-state index in [1.54, 1.807) is 18.6 Å². The molecule has 0 amide bonds. The Morgan fingerprint density at radius 2 is 0.720 bits per heavy atom. The number of nitrogens with zero attached hydrogens (tertiary/aromatic N) is 8. The first-order valence-corrected chi connectivity index (χ1v) is 31.9. The Morgan fingerprint density at radius 1 is 0.312 bits per heavy atom. The fourth-order valence-corrected chi connectivity index (χ4v) is 12.8. The van der Waals surface area contributed by atoms with E-state index >= 15 is 0 Å². The smallest absolute Gasteiger partial charge is 0.227 e. The van der Waals surface area contributed by atoms with Crippen LogP contribution in [0.1, 0.15) is 89.7 Å². The minimum atomic E-state index is 0.488. The second-order valence-electron chi connectivity index (χ2n) is 25.4. The summed E-state index contributed by atoms with van der Waals surface area (Å²) in [5, 5.41) is 8.74. The van der Waals surface area contributed by atoms with Crippen molar-refractivity contribution in [1.82, 2.24) is 19.9 Å². The van der Waals surface area contributed by atoms with E-state index in [1.165, 1.54) is 50.2 Å². The van der Waals surface area contributed by atoms with Gasteiger partial charge in [-0.3, -0.25) is 0 Å². The number of hydrogen-bond donors (Lipinski definition) is 0. The van der Waals surface area contributed by atoms with Gasteiger partial charge in [-0.2, -0.15) is 0 Å². The third-order valence-corrected chi connectivity index (χ3v) is 18.2. The van der Waals surface area contributed by atoms with Crippen LogP contribution < -0.4 is 18.3 Å². The van der Waals surface area contributed by atoms with Crippen LogP contribution >= 0.6 is 0 Å². The van der Waals surface area contributed by atoms with Crippen LogP contribution in [0.2, 0.25) is 0 Å². The molecule has 0 radical (unpaired) electrons. The molecule has 0 aliphatic rings. The molecule has 0 bridgehead atoms. The molecule has 12 nitrogen and oxygen atoms in total.